The first-order valence-electron chi connectivity index (χ1n) is 8.03. The molecule has 2 fully saturated rings. The molecule has 0 spiro atoms. The molecule has 1 aromatic rings. The molecule has 0 amide bonds. The van der Waals surface area contributed by atoms with Gasteiger partial charge in [0.25, 0.3) is 0 Å². The SMILES string of the molecule is Fc1ccccc1C1CC(NCCN2CCCCC2)C1. The molecule has 110 valence electrons. The molecule has 1 heterocycles. The van der Waals surface area contributed by atoms with Crippen LogP contribution in [0.2, 0.25) is 0 Å². The van der Waals surface area contributed by atoms with Crippen molar-refractivity contribution in [3.63, 3.8) is 0 Å². The van der Waals surface area contributed by atoms with Crippen LogP contribution in [-0.4, -0.2) is 37.1 Å². The molecule has 0 aromatic heterocycles. The van der Waals surface area contributed by atoms with E-state index in [0.29, 0.717) is 12.0 Å². The van der Waals surface area contributed by atoms with Crippen molar-refractivity contribution in [2.24, 2.45) is 0 Å². The van der Waals surface area contributed by atoms with Gasteiger partial charge in [-0.3, -0.25) is 0 Å². The van der Waals surface area contributed by atoms with Crippen LogP contribution in [-0.2, 0) is 0 Å². The highest BCUT2D eigenvalue weighted by molar-refractivity contribution is 5.24. The van der Waals surface area contributed by atoms with Gasteiger partial charge in [-0.05, 0) is 56.3 Å². The average molecular weight is 276 g/mol. The van der Waals surface area contributed by atoms with Crippen molar-refractivity contribution in [1.29, 1.82) is 0 Å². The molecule has 20 heavy (non-hydrogen) atoms. The van der Waals surface area contributed by atoms with Crippen LogP contribution in [0.1, 0.15) is 43.6 Å². The predicted molar refractivity (Wildman–Crippen MR) is 80.5 cm³/mol. The number of rotatable bonds is 5. The Kier molecular flexibility index (Phi) is 4.69. The summed E-state index contributed by atoms with van der Waals surface area (Å²) in [4.78, 5) is 2.56. The minimum Gasteiger partial charge on any atom is -0.313 e. The van der Waals surface area contributed by atoms with Gasteiger partial charge in [0, 0.05) is 19.1 Å². The molecule has 2 aliphatic rings. The second-order valence-corrected chi connectivity index (χ2v) is 6.24. The number of halogens is 1. The van der Waals surface area contributed by atoms with Crippen molar-refractivity contribution in [3.05, 3.63) is 35.6 Å². The van der Waals surface area contributed by atoms with Crippen molar-refractivity contribution >= 4 is 0 Å². The minimum atomic E-state index is -0.0377. The van der Waals surface area contributed by atoms with Crippen LogP contribution < -0.4 is 5.32 Å². The van der Waals surface area contributed by atoms with Crippen LogP contribution in [0.4, 0.5) is 4.39 Å². The molecule has 0 radical (unpaired) electrons. The Morgan fingerprint density at radius 1 is 1.10 bits per heavy atom. The monoisotopic (exact) mass is 276 g/mol. The van der Waals surface area contributed by atoms with Gasteiger partial charge in [-0.25, -0.2) is 4.39 Å². The lowest BCUT2D eigenvalue weighted by Gasteiger charge is -2.37. The van der Waals surface area contributed by atoms with Crippen molar-refractivity contribution in [2.75, 3.05) is 26.2 Å². The standard InChI is InChI=1S/C17H25FN2/c18-17-7-3-2-6-16(17)14-12-15(13-14)19-8-11-20-9-4-1-5-10-20/h2-3,6-7,14-15,19H,1,4-5,8-13H2. The minimum absolute atomic E-state index is 0.0377. The number of nitrogens with one attached hydrogen (secondary N) is 1. The van der Waals surface area contributed by atoms with E-state index in [0.717, 1.165) is 24.9 Å². The number of hydrogen-bond donors (Lipinski definition) is 1. The van der Waals surface area contributed by atoms with E-state index in [-0.39, 0.29) is 5.82 Å². The molecule has 1 aliphatic carbocycles. The zero-order valence-corrected chi connectivity index (χ0v) is 12.2. The molecule has 1 N–H and O–H groups in total. The third-order valence-corrected chi connectivity index (χ3v) is 4.79. The zero-order valence-electron chi connectivity index (χ0n) is 12.2. The largest absolute Gasteiger partial charge is 0.313 e. The Labute approximate surface area is 121 Å². The van der Waals surface area contributed by atoms with E-state index in [1.54, 1.807) is 12.1 Å². The van der Waals surface area contributed by atoms with Gasteiger partial charge in [0.05, 0.1) is 0 Å². The van der Waals surface area contributed by atoms with E-state index < -0.39 is 0 Å². The third kappa shape index (κ3) is 3.39. The highest BCUT2D eigenvalue weighted by atomic mass is 19.1. The molecule has 0 atom stereocenters. The fourth-order valence-electron chi connectivity index (χ4n) is 3.45. The Morgan fingerprint density at radius 3 is 2.60 bits per heavy atom. The topological polar surface area (TPSA) is 15.3 Å². The maximum atomic E-state index is 13.7. The van der Waals surface area contributed by atoms with Gasteiger partial charge >= 0.3 is 0 Å². The molecule has 1 saturated carbocycles. The van der Waals surface area contributed by atoms with Crippen molar-refractivity contribution < 1.29 is 4.39 Å². The van der Waals surface area contributed by atoms with E-state index in [4.69, 9.17) is 0 Å². The highest BCUT2D eigenvalue weighted by Gasteiger charge is 2.31. The molecule has 1 aliphatic heterocycles. The quantitative estimate of drug-likeness (QED) is 0.889. The predicted octanol–water partition coefficient (Wildman–Crippen LogP) is 3.15. The Balaban J connectivity index is 1.35. The maximum Gasteiger partial charge on any atom is 0.126 e. The van der Waals surface area contributed by atoms with Crippen LogP contribution >= 0.6 is 0 Å². The first-order chi connectivity index (χ1) is 9.83. The lowest BCUT2D eigenvalue weighted by atomic mass is 9.75. The Bertz CT molecular complexity index is 423. The van der Waals surface area contributed by atoms with Crippen molar-refractivity contribution in [1.82, 2.24) is 10.2 Å². The molecule has 0 bridgehead atoms. The molecule has 3 heteroatoms. The van der Waals surface area contributed by atoms with E-state index in [2.05, 4.69) is 10.2 Å². The molecule has 1 saturated heterocycles. The van der Waals surface area contributed by atoms with Crippen molar-refractivity contribution in [3.8, 4) is 0 Å². The van der Waals surface area contributed by atoms with Crippen molar-refractivity contribution in [2.45, 2.75) is 44.1 Å². The number of hydrogen-bond acceptors (Lipinski definition) is 2. The van der Waals surface area contributed by atoms with Gasteiger partial charge in [-0.1, -0.05) is 24.6 Å². The fourth-order valence-corrected chi connectivity index (χ4v) is 3.45. The normalized spacial score (nSPS) is 27.2. The van der Waals surface area contributed by atoms with Gasteiger partial charge in [-0.15, -0.1) is 0 Å². The van der Waals surface area contributed by atoms with Crippen LogP contribution in [0.3, 0.4) is 0 Å². The van der Waals surface area contributed by atoms with E-state index in [1.807, 2.05) is 12.1 Å². The van der Waals surface area contributed by atoms with Crippen LogP contribution in [0.25, 0.3) is 0 Å². The Hall–Kier alpha value is -0.930. The lowest BCUT2D eigenvalue weighted by Crippen LogP contribution is -2.44. The smallest absolute Gasteiger partial charge is 0.126 e. The number of likely N-dealkylation sites (tertiary alicyclic amines) is 1. The summed E-state index contributed by atoms with van der Waals surface area (Å²) in [6, 6.07) is 7.81. The summed E-state index contributed by atoms with van der Waals surface area (Å²) in [5.74, 6) is 0.382. The molecule has 2 nitrogen and oxygen atoms in total. The number of piperidine rings is 1. The Morgan fingerprint density at radius 2 is 1.85 bits per heavy atom. The van der Waals surface area contributed by atoms with Gasteiger partial charge in [0.2, 0.25) is 0 Å². The summed E-state index contributed by atoms with van der Waals surface area (Å²) in [7, 11) is 0. The summed E-state index contributed by atoms with van der Waals surface area (Å²) in [5.41, 5.74) is 0.904. The summed E-state index contributed by atoms with van der Waals surface area (Å²) < 4.78 is 13.7. The molecule has 3 rings (SSSR count). The van der Waals surface area contributed by atoms with Gasteiger partial charge in [0.1, 0.15) is 5.82 Å². The first-order valence-corrected chi connectivity index (χ1v) is 8.03. The van der Waals surface area contributed by atoms with E-state index in [1.165, 1.54) is 38.9 Å². The van der Waals surface area contributed by atoms with E-state index in [9.17, 15) is 4.39 Å². The summed E-state index contributed by atoms with van der Waals surface area (Å²) >= 11 is 0. The average Bonchev–Trinajstić information content (AvgIpc) is 2.44. The second-order valence-electron chi connectivity index (χ2n) is 6.24. The third-order valence-electron chi connectivity index (χ3n) is 4.79. The lowest BCUT2D eigenvalue weighted by molar-refractivity contribution is 0.213. The molecular weight excluding hydrogens is 251 g/mol. The second kappa shape index (κ2) is 6.68. The molecule has 0 unspecified atom stereocenters. The maximum absolute atomic E-state index is 13.7. The van der Waals surface area contributed by atoms with Gasteiger partial charge in [0.15, 0.2) is 0 Å². The van der Waals surface area contributed by atoms with Crippen LogP contribution in [0, 0.1) is 5.82 Å². The number of nitrogens with zero attached hydrogens (tertiary/aromatic N) is 1. The van der Waals surface area contributed by atoms with E-state index >= 15 is 0 Å². The summed E-state index contributed by atoms with van der Waals surface area (Å²) in [5, 5.41) is 3.62. The van der Waals surface area contributed by atoms with Crippen LogP contribution in [0.5, 0.6) is 0 Å². The summed E-state index contributed by atoms with van der Waals surface area (Å²) in [6.07, 6.45) is 6.29. The fraction of sp³-hybridized carbons (Fsp3) is 0.647. The zero-order chi connectivity index (χ0) is 13.8. The first kappa shape index (κ1) is 14.0. The van der Waals surface area contributed by atoms with Crippen LogP contribution in [0.15, 0.2) is 24.3 Å². The number of benzene rings is 1. The summed E-state index contributed by atoms with van der Waals surface area (Å²) in [6.45, 7) is 4.78. The molecular formula is C17H25FN2. The highest BCUT2D eigenvalue weighted by Crippen LogP contribution is 2.37. The van der Waals surface area contributed by atoms with Gasteiger partial charge < -0.3 is 10.2 Å². The molecule has 1 aromatic carbocycles. The van der Waals surface area contributed by atoms with Gasteiger partial charge in [-0.2, -0.15) is 0 Å².